The third-order valence-electron chi connectivity index (χ3n) is 7.13. The maximum Gasteiger partial charge on any atom is 0.252 e. The zero-order chi connectivity index (χ0) is 22.0. The van der Waals surface area contributed by atoms with Crippen LogP contribution in [0.2, 0.25) is 0 Å². The highest BCUT2D eigenvalue weighted by Crippen LogP contribution is 2.57. The highest BCUT2D eigenvalue weighted by molar-refractivity contribution is 5.95. The van der Waals surface area contributed by atoms with Crippen LogP contribution < -0.4 is 10.2 Å². The van der Waals surface area contributed by atoms with Crippen LogP contribution in [0.15, 0.2) is 48.7 Å². The molecule has 1 aromatic carbocycles. The molecule has 2 aromatic heterocycles. The number of benzene rings is 1. The Morgan fingerprint density at radius 2 is 1.94 bits per heavy atom. The summed E-state index contributed by atoms with van der Waals surface area (Å²) in [5, 5.41) is 3.20. The van der Waals surface area contributed by atoms with Crippen molar-refractivity contribution in [3.8, 4) is 0 Å². The summed E-state index contributed by atoms with van der Waals surface area (Å²) in [5.41, 5.74) is 3.09. The predicted molar refractivity (Wildman–Crippen MR) is 118 cm³/mol. The summed E-state index contributed by atoms with van der Waals surface area (Å²) in [6.07, 6.45) is 3.77. The van der Waals surface area contributed by atoms with Crippen molar-refractivity contribution in [2.45, 2.75) is 38.1 Å². The molecular formula is C25H24FN5O. The minimum atomic E-state index is -0.474. The normalized spacial score (nSPS) is 27.3. The third-order valence-corrected chi connectivity index (χ3v) is 7.13. The van der Waals surface area contributed by atoms with E-state index in [0.717, 1.165) is 48.1 Å². The van der Waals surface area contributed by atoms with Gasteiger partial charge in [-0.05, 0) is 74.1 Å². The van der Waals surface area contributed by atoms with E-state index in [1.807, 2.05) is 19.1 Å². The average Bonchev–Trinajstić information content (AvgIpc) is 3.70. The minimum absolute atomic E-state index is 0.198. The molecule has 4 atom stereocenters. The molecule has 3 aliphatic rings. The number of nitrogens with one attached hydrogen (secondary N) is 1. The number of rotatable bonds is 4. The van der Waals surface area contributed by atoms with E-state index < -0.39 is 5.54 Å². The van der Waals surface area contributed by atoms with Gasteiger partial charge in [-0.1, -0.05) is 6.92 Å². The van der Waals surface area contributed by atoms with Crippen molar-refractivity contribution < 1.29 is 9.18 Å². The van der Waals surface area contributed by atoms with E-state index in [1.54, 1.807) is 6.20 Å². The lowest BCUT2D eigenvalue weighted by molar-refractivity contribution is 0.0926. The van der Waals surface area contributed by atoms with Crippen molar-refractivity contribution in [1.29, 1.82) is 0 Å². The van der Waals surface area contributed by atoms with Gasteiger partial charge in [0.2, 0.25) is 0 Å². The van der Waals surface area contributed by atoms with Crippen molar-refractivity contribution in [1.82, 2.24) is 20.3 Å². The summed E-state index contributed by atoms with van der Waals surface area (Å²) in [7, 11) is 0. The second kappa shape index (κ2) is 6.82. The van der Waals surface area contributed by atoms with E-state index in [2.05, 4.69) is 33.2 Å². The Morgan fingerprint density at radius 1 is 1.16 bits per heavy atom. The van der Waals surface area contributed by atoms with Crippen molar-refractivity contribution in [2.75, 3.05) is 11.4 Å². The van der Waals surface area contributed by atoms with Gasteiger partial charge in [0.1, 0.15) is 17.5 Å². The molecule has 0 saturated heterocycles. The molecule has 32 heavy (non-hydrogen) atoms. The predicted octanol–water partition coefficient (Wildman–Crippen LogP) is 4.24. The highest BCUT2D eigenvalue weighted by atomic mass is 19.1. The number of carbonyl (C=O) groups is 1. The standard InChI is InChI=1S/C25H24FN5O/c1-14-12-25(14,30-24(32)16-3-5-18(26)6-4-16)21-8-7-20-23(29-21)19-11-17(19)13-31(20)22-9-10-27-15(2)28-22/h3-10,14,17,19H,11-13H2,1-2H3,(H,30,32)/t14-,17-,19?,25-/m1/s1. The number of nitrogens with zero attached hydrogens (tertiary/aromatic N) is 4. The molecule has 2 fully saturated rings. The van der Waals surface area contributed by atoms with Crippen molar-refractivity contribution in [3.05, 3.63) is 77.3 Å². The number of hydrogen-bond donors (Lipinski definition) is 1. The van der Waals surface area contributed by atoms with Crippen LogP contribution in [0.4, 0.5) is 15.9 Å². The molecule has 3 aromatic rings. The second-order valence-corrected chi connectivity index (χ2v) is 9.31. The summed E-state index contributed by atoms with van der Waals surface area (Å²) in [6, 6.07) is 11.8. The SMILES string of the molecule is Cc1nccc(N2C[C@H]3CC3c3nc([C@@]4(NC(=O)c5ccc(F)cc5)C[C@H]4C)ccc32)n1. The Labute approximate surface area is 185 Å². The molecular weight excluding hydrogens is 405 g/mol. The molecule has 2 saturated carbocycles. The van der Waals surface area contributed by atoms with Crippen LogP contribution >= 0.6 is 0 Å². The van der Waals surface area contributed by atoms with Gasteiger partial charge >= 0.3 is 0 Å². The number of anilines is 2. The topological polar surface area (TPSA) is 71.0 Å². The molecule has 7 heteroatoms. The summed E-state index contributed by atoms with van der Waals surface area (Å²) in [5.74, 6) is 2.45. The van der Waals surface area contributed by atoms with Crippen LogP contribution in [-0.4, -0.2) is 27.4 Å². The Bertz CT molecular complexity index is 1230. The zero-order valence-electron chi connectivity index (χ0n) is 18.0. The van der Waals surface area contributed by atoms with Gasteiger partial charge in [-0.3, -0.25) is 9.78 Å². The lowest BCUT2D eigenvalue weighted by Gasteiger charge is -2.30. The molecule has 6 nitrogen and oxygen atoms in total. The molecule has 0 spiro atoms. The fraction of sp³-hybridized carbons (Fsp3) is 0.360. The van der Waals surface area contributed by atoms with Crippen LogP contribution in [0.5, 0.6) is 0 Å². The van der Waals surface area contributed by atoms with Gasteiger partial charge in [0, 0.05) is 24.2 Å². The number of aromatic nitrogens is 3. The maximum atomic E-state index is 13.3. The third kappa shape index (κ3) is 3.06. The number of aryl methyl sites for hydroxylation is 1. The van der Waals surface area contributed by atoms with Gasteiger partial charge in [0.05, 0.1) is 22.6 Å². The van der Waals surface area contributed by atoms with Crippen LogP contribution in [0, 0.1) is 24.6 Å². The molecule has 0 radical (unpaired) electrons. The van der Waals surface area contributed by atoms with E-state index in [9.17, 15) is 9.18 Å². The van der Waals surface area contributed by atoms with Crippen LogP contribution in [-0.2, 0) is 5.54 Å². The quantitative estimate of drug-likeness (QED) is 0.672. The first kappa shape index (κ1) is 19.3. The fourth-order valence-corrected chi connectivity index (χ4v) is 5.04. The van der Waals surface area contributed by atoms with Crippen LogP contribution in [0.1, 0.15) is 53.3 Å². The van der Waals surface area contributed by atoms with Crippen molar-refractivity contribution >= 4 is 17.4 Å². The van der Waals surface area contributed by atoms with Gasteiger partial charge < -0.3 is 10.2 Å². The number of halogens is 1. The Kier molecular flexibility index (Phi) is 4.12. The number of amides is 1. The van der Waals surface area contributed by atoms with Crippen molar-refractivity contribution in [2.24, 2.45) is 11.8 Å². The molecule has 0 bridgehead atoms. The Morgan fingerprint density at radius 3 is 2.66 bits per heavy atom. The van der Waals surface area contributed by atoms with Gasteiger partial charge in [-0.2, -0.15) is 0 Å². The molecule has 1 amide bonds. The number of carbonyl (C=O) groups excluding carboxylic acids is 1. The Balaban J connectivity index is 1.33. The number of pyridine rings is 1. The monoisotopic (exact) mass is 429 g/mol. The van der Waals surface area contributed by atoms with Gasteiger partial charge in [0.25, 0.3) is 5.91 Å². The van der Waals surface area contributed by atoms with E-state index in [1.165, 1.54) is 24.3 Å². The average molecular weight is 429 g/mol. The van der Waals surface area contributed by atoms with E-state index in [-0.39, 0.29) is 17.6 Å². The first-order valence-electron chi connectivity index (χ1n) is 11.1. The Hall–Kier alpha value is -3.35. The molecule has 3 heterocycles. The number of fused-ring (bicyclic) bond motifs is 3. The summed E-state index contributed by atoms with van der Waals surface area (Å²) in [6.45, 7) is 4.97. The molecule has 162 valence electrons. The minimum Gasteiger partial charge on any atom is -0.341 e. The lowest BCUT2D eigenvalue weighted by Crippen LogP contribution is -2.37. The van der Waals surface area contributed by atoms with E-state index in [0.29, 0.717) is 17.4 Å². The molecule has 1 N–H and O–H groups in total. The fourth-order valence-electron chi connectivity index (χ4n) is 5.04. The molecule has 1 unspecified atom stereocenters. The highest BCUT2D eigenvalue weighted by Gasteiger charge is 2.56. The summed E-state index contributed by atoms with van der Waals surface area (Å²) >= 11 is 0. The lowest BCUT2D eigenvalue weighted by atomic mass is 10.0. The summed E-state index contributed by atoms with van der Waals surface area (Å²) < 4.78 is 13.3. The first-order valence-corrected chi connectivity index (χ1v) is 11.1. The first-order chi connectivity index (χ1) is 15.4. The van der Waals surface area contributed by atoms with Crippen LogP contribution in [0.25, 0.3) is 0 Å². The smallest absolute Gasteiger partial charge is 0.252 e. The second-order valence-electron chi connectivity index (χ2n) is 9.31. The van der Waals surface area contributed by atoms with Crippen LogP contribution in [0.3, 0.4) is 0 Å². The molecule has 1 aliphatic heterocycles. The zero-order valence-corrected chi connectivity index (χ0v) is 18.0. The van der Waals surface area contributed by atoms with Gasteiger partial charge in [-0.15, -0.1) is 0 Å². The van der Waals surface area contributed by atoms with Gasteiger partial charge in [-0.25, -0.2) is 14.4 Å². The molecule has 2 aliphatic carbocycles. The number of hydrogen-bond acceptors (Lipinski definition) is 5. The van der Waals surface area contributed by atoms with E-state index in [4.69, 9.17) is 4.98 Å². The summed E-state index contributed by atoms with van der Waals surface area (Å²) in [4.78, 5) is 29.1. The maximum absolute atomic E-state index is 13.3. The van der Waals surface area contributed by atoms with Gasteiger partial charge in [0.15, 0.2) is 0 Å². The molecule has 6 rings (SSSR count). The largest absolute Gasteiger partial charge is 0.341 e. The van der Waals surface area contributed by atoms with Crippen molar-refractivity contribution in [3.63, 3.8) is 0 Å². The van der Waals surface area contributed by atoms with E-state index >= 15 is 0 Å².